The smallest absolute Gasteiger partial charge is 0.248 e. The van der Waals surface area contributed by atoms with Crippen LogP contribution in [0.3, 0.4) is 0 Å². The van der Waals surface area contributed by atoms with Crippen molar-refractivity contribution in [2.45, 2.75) is 13.0 Å². The quantitative estimate of drug-likeness (QED) is 0.883. The van der Waals surface area contributed by atoms with Crippen LogP contribution in [0.2, 0.25) is 5.02 Å². The summed E-state index contributed by atoms with van der Waals surface area (Å²) in [5.41, 5.74) is 2.88. The molecule has 0 bridgehead atoms. The highest BCUT2D eigenvalue weighted by molar-refractivity contribution is 6.30. The Balaban J connectivity index is 1.86. The predicted molar refractivity (Wildman–Crippen MR) is 75.2 cm³/mol. The average molecular weight is 292 g/mol. The zero-order chi connectivity index (χ0) is 14.1. The van der Waals surface area contributed by atoms with Crippen LogP contribution >= 0.6 is 11.6 Å². The molecule has 2 heterocycles. The second kappa shape index (κ2) is 5.26. The highest BCUT2D eigenvalue weighted by Gasteiger charge is 2.23. The molecular weight excluding hydrogens is 278 g/mol. The molecule has 6 heteroatoms. The average Bonchev–Trinajstić information content (AvgIpc) is 2.90. The van der Waals surface area contributed by atoms with Crippen LogP contribution in [-0.2, 0) is 17.8 Å². The lowest BCUT2D eigenvalue weighted by atomic mass is 10.1. The molecule has 104 valence electrons. The van der Waals surface area contributed by atoms with Crippen LogP contribution < -0.4 is 0 Å². The van der Waals surface area contributed by atoms with E-state index < -0.39 is 6.61 Å². The number of aliphatic hydroxyl groups excluding tert-OH is 1. The van der Waals surface area contributed by atoms with E-state index in [2.05, 4.69) is 9.97 Å². The summed E-state index contributed by atoms with van der Waals surface area (Å²) in [5, 5.41) is 9.60. The maximum atomic E-state index is 11.5. The van der Waals surface area contributed by atoms with Crippen LogP contribution in [0.1, 0.15) is 11.4 Å². The zero-order valence-corrected chi connectivity index (χ0v) is 11.5. The van der Waals surface area contributed by atoms with Gasteiger partial charge in [-0.25, -0.2) is 4.98 Å². The fraction of sp³-hybridized carbons (Fsp3) is 0.286. The number of nitrogens with zero attached hydrogens (tertiary/aromatic N) is 2. The molecule has 3 rings (SSSR count). The third kappa shape index (κ3) is 2.42. The maximum Gasteiger partial charge on any atom is 0.248 e. The number of carbonyl (C=O) groups is 1. The monoisotopic (exact) mass is 291 g/mol. The summed E-state index contributed by atoms with van der Waals surface area (Å²) in [6.45, 7) is 0.611. The third-order valence-electron chi connectivity index (χ3n) is 3.44. The van der Waals surface area contributed by atoms with Gasteiger partial charge in [0.2, 0.25) is 5.91 Å². The first kappa shape index (κ1) is 13.1. The Morgan fingerprint density at radius 3 is 2.85 bits per heavy atom. The van der Waals surface area contributed by atoms with Crippen LogP contribution in [0.4, 0.5) is 0 Å². The summed E-state index contributed by atoms with van der Waals surface area (Å²) < 4.78 is 0. The number of amides is 1. The van der Waals surface area contributed by atoms with Crippen molar-refractivity contribution in [3.05, 3.63) is 40.7 Å². The molecule has 2 aromatic rings. The van der Waals surface area contributed by atoms with Gasteiger partial charge in [0.05, 0.1) is 17.9 Å². The van der Waals surface area contributed by atoms with E-state index >= 15 is 0 Å². The standard InChI is InChI=1S/C14H14ClN3O2/c15-10-3-1-9(2-4-10)14-16-11-5-6-18(13(20)8-19)7-12(11)17-14/h1-4,19H,5-8H2,(H,16,17). The number of H-pyrrole nitrogens is 1. The normalized spacial score (nSPS) is 14.2. The van der Waals surface area contributed by atoms with E-state index in [0.29, 0.717) is 24.5 Å². The van der Waals surface area contributed by atoms with Gasteiger partial charge < -0.3 is 15.0 Å². The summed E-state index contributed by atoms with van der Waals surface area (Å²) in [5.74, 6) is 0.531. The highest BCUT2D eigenvalue weighted by atomic mass is 35.5. The fourth-order valence-electron chi connectivity index (χ4n) is 2.35. The first-order chi connectivity index (χ1) is 9.67. The number of imidazole rings is 1. The molecule has 0 unspecified atom stereocenters. The third-order valence-corrected chi connectivity index (χ3v) is 3.69. The predicted octanol–water partition coefficient (Wildman–Crippen LogP) is 1.61. The van der Waals surface area contributed by atoms with Crippen molar-refractivity contribution in [2.75, 3.05) is 13.2 Å². The molecule has 2 N–H and O–H groups in total. The molecule has 1 aliphatic rings. The number of fused-ring (bicyclic) bond motifs is 1. The number of halogens is 1. The summed E-state index contributed by atoms with van der Waals surface area (Å²) in [6.07, 6.45) is 0.700. The molecule has 0 atom stereocenters. The van der Waals surface area contributed by atoms with Gasteiger partial charge in [0.25, 0.3) is 0 Å². The molecule has 0 radical (unpaired) electrons. The Labute approximate surface area is 121 Å². The molecule has 1 aromatic heterocycles. The van der Waals surface area contributed by atoms with Crippen LogP contribution in [0.5, 0.6) is 0 Å². The number of hydrogen-bond acceptors (Lipinski definition) is 3. The van der Waals surface area contributed by atoms with Crippen molar-refractivity contribution < 1.29 is 9.90 Å². The van der Waals surface area contributed by atoms with Crippen molar-refractivity contribution in [3.63, 3.8) is 0 Å². The Hall–Kier alpha value is -1.85. The summed E-state index contributed by atoms with van der Waals surface area (Å²) in [7, 11) is 0. The van der Waals surface area contributed by atoms with Crippen LogP contribution in [0.15, 0.2) is 24.3 Å². The van der Waals surface area contributed by atoms with Crippen LogP contribution in [-0.4, -0.2) is 39.0 Å². The lowest BCUT2D eigenvalue weighted by Crippen LogP contribution is -2.37. The summed E-state index contributed by atoms with van der Waals surface area (Å²) >= 11 is 5.87. The molecular formula is C14H14ClN3O2. The fourth-order valence-corrected chi connectivity index (χ4v) is 2.48. The maximum absolute atomic E-state index is 11.5. The van der Waals surface area contributed by atoms with Gasteiger partial charge in [-0.05, 0) is 24.3 Å². The molecule has 0 saturated carbocycles. The first-order valence-electron chi connectivity index (χ1n) is 6.39. The van der Waals surface area contributed by atoms with Gasteiger partial charge in [-0.3, -0.25) is 4.79 Å². The number of benzene rings is 1. The molecule has 5 nitrogen and oxygen atoms in total. The first-order valence-corrected chi connectivity index (χ1v) is 6.77. The van der Waals surface area contributed by atoms with Crippen molar-refractivity contribution in [1.29, 1.82) is 0 Å². The Morgan fingerprint density at radius 1 is 1.40 bits per heavy atom. The van der Waals surface area contributed by atoms with Gasteiger partial charge in [-0.15, -0.1) is 0 Å². The van der Waals surface area contributed by atoms with E-state index in [1.165, 1.54) is 0 Å². The number of aliphatic hydroxyl groups is 1. The molecule has 1 aromatic carbocycles. The number of hydrogen-bond donors (Lipinski definition) is 2. The van der Waals surface area contributed by atoms with E-state index in [9.17, 15) is 4.79 Å². The van der Waals surface area contributed by atoms with Gasteiger partial charge in [0.1, 0.15) is 12.4 Å². The van der Waals surface area contributed by atoms with Gasteiger partial charge in [-0.2, -0.15) is 0 Å². The van der Waals surface area contributed by atoms with Crippen molar-refractivity contribution in [3.8, 4) is 11.4 Å². The molecule has 1 aliphatic heterocycles. The van der Waals surface area contributed by atoms with Crippen LogP contribution in [0.25, 0.3) is 11.4 Å². The molecule has 20 heavy (non-hydrogen) atoms. The topological polar surface area (TPSA) is 69.2 Å². The molecule has 1 amide bonds. The largest absolute Gasteiger partial charge is 0.387 e. The molecule has 0 aliphatic carbocycles. The van der Waals surface area contributed by atoms with Crippen molar-refractivity contribution in [1.82, 2.24) is 14.9 Å². The second-order valence-corrected chi connectivity index (χ2v) is 5.18. The lowest BCUT2D eigenvalue weighted by molar-refractivity contribution is -0.135. The number of rotatable bonds is 2. The minimum absolute atomic E-state index is 0.252. The Morgan fingerprint density at radius 2 is 2.15 bits per heavy atom. The van der Waals surface area contributed by atoms with Gasteiger partial charge in [0, 0.05) is 23.6 Å². The number of aromatic amines is 1. The molecule has 0 saturated heterocycles. The Kier molecular flexibility index (Phi) is 3.46. The summed E-state index contributed by atoms with van der Waals surface area (Å²) in [4.78, 5) is 21.0. The van der Waals surface area contributed by atoms with Gasteiger partial charge in [0.15, 0.2) is 0 Å². The number of carbonyl (C=O) groups excluding carboxylic acids is 1. The minimum atomic E-state index is -0.451. The second-order valence-electron chi connectivity index (χ2n) is 4.74. The molecule has 0 spiro atoms. The van der Waals surface area contributed by atoms with E-state index in [1.807, 2.05) is 24.3 Å². The zero-order valence-electron chi connectivity index (χ0n) is 10.8. The van der Waals surface area contributed by atoms with Crippen LogP contribution in [0, 0.1) is 0 Å². The number of aromatic nitrogens is 2. The lowest BCUT2D eigenvalue weighted by Gasteiger charge is -2.25. The van der Waals surface area contributed by atoms with E-state index in [-0.39, 0.29) is 5.91 Å². The van der Waals surface area contributed by atoms with Crippen molar-refractivity contribution >= 4 is 17.5 Å². The van der Waals surface area contributed by atoms with Crippen molar-refractivity contribution in [2.24, 2.45) is 0 Å². The molecule has 0 fully saturated rings. The van der Waals surface area contributed by atoms with Gasteiger partial charge in [-0.1, -0.05) is 11.6 Å². The Bertz CT molecular complexity index is 636. The van der Waals surface area contributed by atoms with E-state index in [4.69, 9.17) is 16.7 Å². The minimum Gasteiger partial charge on any atom is -0.387 e. The van der Waals surface area contributed by atoms with Gasteiger partial charge >= 0.3 is 0 Å². The van der Waals surface area contributed by atoms with E-state index in [1.54, 1.807) is 4.90 Å². The number of nitrogens with one attached hydrogen (secondary N) is 1. The highest BCUT2D eigenvalue weighted by Crippen LogP contribution is 2.23. The SMILES string of the molecule is O=C(CO)N1CCc2nc(-c3ccc(Cl)cc3)[nH]c2C1. The van der Waals surface area contributed by atoms with E-state index in [0.717, 1.165) is 22.8 Å². The summed E-state index contributed by atoms with van der Waals surface area (Å²) in [6, 6.07) is 7.45.